The molecule has 26 heavy (non-hydrogen) atoms. The van der Waals surface area contributed by atoms with E-state index in [9.17, 15) is 10.1 Å². The van der Waals surface area contributed by atoms with Crippen LogP contribution in [0.3, 0.4) is 0 Å². The molecule has 0 N–H and O–H groups in total. The number of aromatic nitrogens is 1. The molecule has 0 saturated heterocycles. The zero-order chi connectivity index (χ0) is 18.5. The lowest BCUT2D eigenvalue weighted by molar-refractivity contribution is -0.386. The first kappa shape index (κ1) is 17.7. The van der Waals surface area contributed by atoms with Crippen molar-refractivity contribution in [2.75, 3.05) is 6.61 Å². The highest BCUT2D eigenvalue weighted by atomic mass is 16.6. The highest BCUT2D eigenvalue weighted by molar-refractivity contribution is 5.95. The maximum Gasteiger partial charge on any atom is 0.338 e. The van der Waals surface area contributed by atoms with Gasteiger partial charge in [0.2, 0.25) is 5.76 Å². The van der Waals surface area contributed by atoms with E-state index in [0.717, 1.165) is 34.9 Å². The van der Waals surface area contributed by atoms with Crippen molar-refractivity contribution < 1.29 is 14.2 Å². The van der Waals surface area contributed by atoms with Gasteiger partial charge in [0.05, 0.1) is 11.5 Å². The Morgan fingerprint density at radius 3 is 2.81 bits per heavy atom. The number of benzene rings is 2. The first-order valence-corrected chi connectivity index (χ1v) is 8.55. The number of rotatable bonds is 7. The van der Waals surface area contributed by atoms with Gasteiger partial charge in [-0.2, -0.15) is 0 Å². The summed E-state index contributed by atoms with van der Waals surface area (Å²) in [6.45, 7) is 4.28. The molecular formula is C20H20N2O4. The zero-order valence-corrected chi connectivity index (χ0v) is 14.8. The molecule has 0 bridgehead atoms. The molecule has 0 spiro atoms. The third-order valence-corrected chi connectivity index (χ3v) is 4.13. The van der Waals surface area contributed by atoms with Gasteiger partial charge in [0.15, 0.2) is 5.69 Å². The SMILES string of the molecule is CCCCOc1ccc2ccccc2c1/C=C/c1onc(C)c1[N+](=O)[O-]. The standard InChI is InChI=1S/C20H20N2O4/c1-3-4-13-25-18-11-9-15-7-5-6-8-16(15)17(18)10-12-19-20(22(23)24)14(2)21-26-19/h5-12H,3-4,13H2,1-2H3/b12-10+. The molecule has 0 unspecified atom stereocenters. The fourth-order valence-corrected chi connectivity index (χ4v) is 2.77. The fraction of sp³-hybridized carbons (Fsp3) is 0.250. The van der Waals surface area contributed by atoms with E-state index in [0.29, 0.717) is 6.61 Å². The molecule has 0 radical (unpaired) electrons. The second kappa shape index (κ2) is 7.82. The van der Waals surface area contributed by atoms with Crippen LogP contribution in [0, 0.1) is 17.0 Å². The molecule has 3 rings (SSSR count). The summed E-state index contributed by atoms with van der Waals surface area (Å²) in [5, 5.41) is 17.0. The van der Waals surface area contributed by atoms with Crippen LogP contribution in [0.15, 0.2) is 40.9 Å². The van der Waals surface area contributed by atoms with Crippen LogP contribution in [0.2, 0.25) is 0 Å². The van der Waals surface area contributed by atoms with Gasteiger partial charge < -0.3 is 9.26 Å². The molecule has 6 nitrogen and oxygen atoms in total. The summed E-state index contributed by atoms with van der Waals surface area (Å²) in [5.41, 5.74) is 1.00. The first-order valence-electron chi connectivity index (χ1n) is 8.55. The third kappa shape index (κ3) is 3.59. The number of nitrogens with zero attached hydrogens (tertiary/aromatic N) is 2. The van der Waals surface area contributed by atoms with Crippen molar-refractivity contribution in [3.8, 4) is 5.75 Å². The van der Waals surface area contributed by atoms with E-state index in [-0.39, 0.29) is 17.1 Å². The first-order chi connectivity index (χ1) is 12.6. The smallest absolute Gasteiger partial charge is 0.338 e. The van der Waals surface area contributed by atoms with Gasteiger partial charge in [0, 0.05) is 5.56 Å². The minimum Gasteiger partial charge on any atom is -0.493 e. The van der Waals surface area contributed by atoms with Crippen LogP contribution >= 0.6 is 0 Å². The van der Waals surface area contributed by atoms with Crippen LogP contribution < -0.4 is 4.74 Å². The Bertz CT molecular complexity index is 960. The minimum absolute atomic E-state index is 0.116. The minimum atomic E-state index is -0.479. The summed E-state index contributed by atoms with van der Waals surface area (Å²) < 4.78 is 11.0. The lowest BCUT2D eigenvalue weighted by atomic mass is 10.0. The molecule has 3 aromatic rings. The van der Waals surface area contributed by atoms with E-state index in [4.69, 9.17) is 9.26 Å². The van der Waals surface area contributed by atoms with Gasteiger partial charge in [-0.1, -0.05) is 48.8 Å². The van der Waals surface area contributed by atoms with Crippen molar-refractivity contribution in [2.24, 2.45) is 0 Å². The molecule has 0 aliphatic rings. The van der Waals surface area contributed by atoms with Crippen LogP contribution in [0.4, 0.5) is 5.69 Å². The van der Waals surface area contributed by atoms with E-state index in [1.54, 1.807) is 19.1 Å². The summed E-state index contributed by atoms with van der Waals surface area (Å²) in [4.78, 5) is 10.7. The second-order valence-electron chi connectivity index (χ2n) is 5.97. The molecule has 0 saturated carbocycles. The number of ether oxygens (including phenoxy) is 1. The number of unbranched alkanes of at least 4 members (excludes halogenated alkanes) is 1. The Morgan fingerprint density at radius 1 is 1.23 bits per heavy atom. The molecule has 0 aliphatic heterocycles. The Labute approximate surface area is 151 Å². The van der Waals surface area contributed by atoms with E-state index >= 15 is 0 Å². The predicted molar refractivity (Wildman–Crippen MR) is 101 cm³/mol. The van der Waals surface area contributed by atoms with Crippen LogP contribution in [0.5, 0.6) is 5.75 Å². The molecule has 134 valence electrons. The van der Waals surface area contributed by atoms with Crippen molar-refractivity contribution in [1.82, 2.24) is 5.16 Å². The van der Waals surface area contributed by atoms with Crippen molar-refractivity contribution in [2.45, 2.75) is 26.7 Å². The van der Waals surface area contributed by atoms with Gasteiger partial charge in [-0.15, -0.1) is 0 Å². The molecule has 0 atom stereocenters. The van der Waals surface area contributed by atoms with E-state index in [1.165, 1.54) is 0 Å². The van der Waals surface area contributed by atoms with Gasteiger partial charge in [0.25, 0.3) is 0 Å². The highest BCUT2D eigenvalue weighted by Crippen LogP contribution is 2.31. The summed E-state index contributed by atoms with van der Waals surface area (Å²) >= 11 is 0. The largest absolute Gasteiger partial charge is 0.493 e. The van der Waals surface area contributed by atoms with Crippen LogP contribution in [0.25, 0.3) is 22.9 Å². The second-order valence-corrected chi connectivity index (χ2v) is 5.97. The van der Waals surface area contributed by atoms with E-state index < -0.39 is 4.92 Å². The molecule has 2 aromatic carbocycles. The van der Waals surface area contributed by atoms with Crippen LogP contribution in [-0.2, 0) is 0 Å². The summed E-state index contributed by atoms with van der Waals surface area (Å²) in [5.74, 6) is 0.868. The number of nitro groups is 1. The number of hydrogen-bond donors (Lipinski definition) is 0. The van der Waals surface area contributed by atoms with Crippen LogP contribution in [0.1, 0.15) is 36.8 Å². The maximum atomic E-state index is 11.2. The quantitative estimate of drug-likeness (QED) is 0.323. The number of hydrogen-bond acceptors (Lipinski definition) is 5. The van der Waals surface area contributed by atoms with E-state index in [1.807, 2.05) is 36.4 Å². The molecule has 1 aromatic heterocycles. The van der Waals surface area contributed by atoms with Crippen molar-refractivity contribution in [3.05, 3.63) is 63.5 Å². The Balaban J connectivity index is 2.04. The van der Waals surface area contributed by atoms with E-state index in [2.05, 4.69) is 12.1 Å². The average Bonchev–Trinajstić information content (AvgIpc) is 3.01. The highest BCUT2D eigenvalue weighted by Gasteiger charge is 2.22. The normalized spacial score (nSPS) is 11.3. The molecule has 0 aliphatic carbocycles. The topological polar surface area (TPSA) is 78.4 Å². The fourth-order valence-electron chi connectivity index (χ4n) is 2.77. The number of fused-ring (bicyclic) bond motifs is 1. The van der Waals surface area contributed by atoms with Gasteiger partial charge in [-0.3, -0.25) is 10.1 Å². The van der Waals surface area contributed by atoms with Crippen LogP contribution in [-0.4, -0.2) is 16.7 Å². The monoisotopic (exact) mass is 352 g/mol. The van der Waals surface area contributed by atoms with Crippen molar-refractivity contribution in [1.29, 1.82) is 0 Å². The molecule has 6 heteroatoms. The predicted octanol–water partition coefficient (Wildman–Crippen LogP) is 5.39. The Hall–Kier alpha value is -3.15. The molecule has 1 heterocycles. The summed E-state index contributed by atoms with van der Waals surface area (Å²) in [6, 6.07) is 11.9. The summed E-state index contributed by atoms with van der Waals surface area (Å²) in [7, 11) is 0. The Kier molecular flexibility index (Phi) is 5.31. The lowest BCUT2D eigenvalue weighted by Crippen LogP contribution is -1.98. The molecule has 0 fully saturated rings. The maximum absolute atomic E-state index is 11.2. The van der Waals surface area contributed by atoms with Crippen molar-refractivity contribution >= 4 is 28.6 Å². The molecular weight excluding hydrogens is 332 g/mol. The summed E-state index contributed by atoms with van der Waals surface area (Å²) in [6.07, 6.45) is 5.37. The number of aryl methyl sites for hydroxylation is 1. The zero-order valence-electron chi connectivity index (χ0n) is 14.8. The lowest BCUT2D eigenvalue weighted by Gasteiger charge is -2.11. The average molecular weight is 352 g/mol. The third-order valence-electron chi connectivity index (χ3n) is 4.13. The molecule has 0 amide bonds. The van der Waals surface area contributed by atoms with Gasteiger partial charge in [0.1, 0.15) is 5.75 Å². The van der Waals surface area contributed by atoms with Crippen molar-refractivity contribution in [3.63, 3.8) is 0 Å². The Morgan fingerprint density at radius 2 is 2.04 bits per heavy atom. The van der Waals surface area contributed by atoms with Gasteiger partial charge in [-0.25, -0.2) is 0 Å². The van der Waals surface area contributed by atoms with Gasteiger partial charge >= 0.3 is 5.69 Å². The van der Waals surface area contributed by atoms with Gasteiger partial charge in [-0.05, 0) is 42.3 Å².